The lowest BCUT2D eigenvalue weighted by atomic mass is 9.89. The largest absolute Gasteiger partial charge is 0.399 e. The van der Waals surface area contributed by atoms with Gasteiger partial charge in [0.1, 0.15) is 6.04 Å². The molecule has 0 aliphatic carbocycles. The lowest BCUT2D eigenvalue weighted by Crippen LogP contribution is -2.58. The van der Waals surface area contributed by atoms with E-state index in [1.807, 2.05) is 57.0 Å². The summed E-state index contributed by atoms with van der Waals surface area (Å²) < 4.78 is 12.0. The summed E-state index contributed by atoms with van der Waals surface area (Å²) in [6.07, 6.45) is 3.76. The summed E-state index contributed by atoms with van der Waals surface area (Å²) in [7, 11) is 8.78. The lowest BCUT2D eigenvalue weighted by Gasteiger charge is -2.41. The molecule has 3 rings (SSSR count). The van der Waals surface area contributed by atoms with Crippen molar-refractivity contribution in [3.05, 3.63) is 29.8 Å². The van der Waals surface area contributed by atoms with E-state index in [2.05, 4.69) is 24.1 Å². The van der Waals surface area contributed by atoms with Gasteiger partial charge in [0.2, 0.25) is 23.6 Å². The normalized spacial score (nSPS) is 21.6. The number of piperidine rings is 1. The molecule has 2 aliphatic heterocycles. The average molecular weight is 729 g/mol. The molecular weight excluding hydrogens is 660 g/mol. The summed E-state index contributed by atoms with van der Waals surface area (Å²) in [6, 6.07) is 6.32. The van der Waals surface area contributed by atoms with E-state index in [-0.39, 0.29) is 53.8 Å². The van der Waals surface area contributed by atoms with Crippen LogP contribution in [0.1, 0.15) is 78.7 Å². The van der Waals surface area contributed by atoms with Gasteiger partial charge in [-0.2, -0.15) is 0 Å². The van der Waals surface area contributed by atoms with Crippen molar-refractivity contribution in [2.45, 2.75) is 110 Å². The minimum atomic E-state index is -0.696. The van der Waals surface area contributed by atoms with Crippen LogP contribution in [-0.4, -0.2) is 135 Å². The minimum Gasteiger partial charge on any atom is -0.399 e. The highest BCUT2D eigenvalue weighted by atomic mass is 16.5. The molecule has 0 unspecified atom stereocenters. The van der Waals surface area contributed by atoms with Crippen LogP contribution in [0.15, 0.2) is 24.3 Å². The van der Waals surface area contributed by atoms with Crippen molar-refractivity contribution in [3.8, 4) is 0 Å². The van der Waals surface area contributed by atoms with Gasteiger partial charge in [-0.15, -0.1) is 0 Å². The molecule has 8 atom stereocenters. The number of rotatable bonds is 18. The smallest absolute Gasteiger partial charge is 0.245 e. The minimum absolute atomic E-state index is 0.0174. The fourth-order valence-electron chi connectivity index (χ4n) is 8.19. The predicted molar refractivity (Wildman–Crippen MR) is 205 cm³/mol. The molecule has 2 aliphatic rings. The maximum Gasteiger partial charge on any atom is 0.245 e. The van der Waals surface area contributed by atoms with Crippen LogP contribution in [0.5, 0.6) is 0 Å². The van der Waals surface area contributed by atoms with Crippen molar-refractivity contribution < 1.29 is 28.7 Å². The Labute approximate surface area is 313 Å². The van der Waals surface area contributed by atoms with Crippen molar-refractivity contribution in [2.75, 3.05) is 67.3 Å². The average Bonchev–Trinajstić information content (AvgIpc) is 3.61. The van der Waals surface area contributed by atoms with Gasteiger partial charge in [0.05, 0.1) is 42.5 Å². The van der Waals surface area contributed by atoms with Crippen LogP contribution in [0.4, 0.5) is 5.69 Å². The summed E-state index contributed by atoms with van der Waals surface area (Å²) >= 11 is 0. The number of nitrogens with two attached hydrogens (primary N) is 1. The lowest BCUT2D eigenvalue weighted by molar-refractivity contribution is -0.149. The Balaban J connectivity index is 1.72. The van der Waals surface area contributed by atoms with Crippen LogP contribution in [0.25, 0.3) is 0 Å². The van der Waals surface area contributed by atoms with Crippen LogP contribution in [0.2, 0.25) is 0 Å². The molecule has 52 heavy (non-hydrogen) atoms. The first kappa shape index (κ1) is 43.2. The third kappa shape index (κ3) is 11.1. The Morgan fingerprint density at radius 3 is 2.29 bits per heavy atom. The number of methoxy groups -OCH3 is 2. The highest BCUT2D eigenvalue weighted by Crippen LogP contribution is 2.30. The van der Waals surface area contributed by atoms with E-state index >= 15 is 0 Å². The number of amides is 4. The zero-order chi connectivity index (χ0) is 38.7. The molecule has 2 heterocycles. The SMILES string of the molecule is CC[C@H](C)[C@@H]([C@@H](CC(=O)N1CCC[C@H]1[C@H](OC)[C@@H](C)C(=O)N(C)CCc1cccc(N)c1)OC)N(C)C(=O)[C@@H](NC(=O)[C@@H]1CCCN(C)C1)C(C)C. The van der Waals surface area contributed by atoms with Gasteiger partial charge in [-0.25, -0.2) is 0 Å². The maximum atomic E-state index is 14.2. The van der Waals surface area contributed by atoms with E-state index in [0.717, 1.165) is 44.2 Å². The Morgan fingerprint density at radius 2 is 1.69 bits per heavy atom. The van der Waals surface area contributed by atoms with Gasteiger partial charge in [-0.3, -0.25) is 19.2 Å². The molecule has 0 saturated carbocycles. The number of benzene rings is 1. The van der Waals surface area contributed by atoms with Crippen molar-refractivity contribution in [3.63, 3.8) is 0 Å². The fourth-order valence-corrected chi connectivity index (χ4v) is 8.19. The number of nitrogen functional groups attached to an aromatic ring is 1. The van der Waals surface area contributed by atoms with E-state index in [1.54, 1.807) is 38.1 Å². The number of hydrogen-bond donors (Lipinski definition) is 2. The van der Waals surface area contributed by atoms with E-state index in [0.29, 0.717) is 31.7 Å². The van der Waals surface area contributed by atoms with E-state index in [4.69, 9.17) is 15.2 Å². The van der Waals surface area contributed by atoms with Crippen molar-refractivity contribution in [2.24, 2.45) is 23.7 Å². The summed E-state index contributed by atoms with van der Waals surface area (Å²) in [5.74, 6) is -1.12. The second-order valence-corrected chi connectivity index (χ2v) is 15.7. The van der Waals surface area contributed by atoms with E-state index in [9.17, 15) is 19.2 Å². The summed E-state index contributed by atoms with van der Waals surface area (Å²) in [4.78, 5) is 62.8. The second kappa shape index (κ2) is 20.3. The van der Waals surface area contributed by atoms with Crippen molar-refractivity contribution >= 4 is 29.3 Å². The topological polar surface area (TPSA) is 138 Å². The molecule has 0 bridgehead atoms. The van der Waals surface area contributed by atoms with Gasteiger partial charge >= 0.3 is 0 Å². The molecule has 12 heteroatoms. The summed E-state index contributed by atoms with van der Waals surface area (Å²) in [5.41, 5.74) is 7.70. The van der Waals surface area contributed by atoms with Crippen LogP contribution < -0.4 is 11.1 Å². The van der Waals surface area contributed by atoms with Gasteiger partial charge in [-0.05, 0) is 75.2 Å². The molecule has 3 N–H and O–H groups in total. The Hall–Kier alpha value is -3.22. The van der Waals surface area contributed by atoms with Crippen LogP contribution in [-0.2, 0) is 35.1 Å². The number of nitrogens with zero attached hydrogens (tertiary/aromatic N) is 4. The molecule has 0 aromatic heterocycles. The monoisotopic (exact) mass is 729 g/mol. The fraction of sp³-hybridized carbons (Fsp3) is 0.750. The molecule has 0 radical (unpaired) electrons. The number of likely N-dealkylation sites (tertiary alicyclic amines) is 2. The number of carbonyl (C=O) groups is 4. The second-order valence-electron chi connectivity index (χ2n) is 15.7. The number of ether oxygens (including phenoxy) is 2. The van der Waals surface area contributed by atoms with Gasteiger partial charge < -0.3 is 40.1 Å². The first-order chi connectivity index (χ1) is 24.6. The first-order valence-corrected chi connectivity index (χ1v) is 19.3. The van der Waals surface area contributed by atoms with Crippen LogP contribution in [0.3, 0.4) is 0 Å². The first-order valence-electron chi connectivity index (χ1n) is 19.3. The summed E-state index contributed by atoms with van der Waals surface area (Å²) in [5, 5.41) is 3.09. The quantitative estimate of drug-likeness (QED) is 0.219. The number of carbonyl (C=O) groups excluding carboxylic acids is 4. The van der Waals surface area contributed by atoms with Crippen LogP contribution in [0, 0.1) is 23.7 Å². The number of anilines is 1. The highest BCUT2D eigenvalue weighted by molar-refractivity contribution is 5.89. The maximum absolute atomic E-state index is 14.2. The van der Waals surface area contributed by atoms with Gasteiger partial charge in [0, 0.05) is 53.6 Å². The third-order valence-electron chi connectivity index (χ3n) is 11.5. The van der Waals surface area contributed by atoms with Crippen molar-refractivity contribution in [1.29, 1.82) is 0 Å². The van der Waals surface area contributed by atoms with Crippen LogP contribution >= 0.6 is 0 Å². The zero-order valence-corrected chi connectivity index (χ0v) is 33.6. The Kier molecular flexibility index (Phi) is 16.9. The number of hydrogen-bond acceptors (Lipinski definition) is 8. The van der Waals surface area contributed by atoms with Gasteiger partial charge in [-0.1, -0.05) is 53.2 Å². The Bertz CT molecular complexity index is 1330. The molecule has 1 aromatic carbocycles. The van der Waals surface area contributed by atoms with E-state index in [1.165, 1.54) is 0 Å². The molecule has 4 amide bonds. The zero-order valence-electron chi connectivity index (χ0n) is 33.6. The van der Waals surface area contributed by atoms with Gasteiger partial charge in [0.25, 0.3) is 0 Å². The molecule has 1 aromatic rings. The standard InChI is InChI=1S/C40H68N6O6/c1-11-27(4)36(45(8)40(50)35(26(2)3)42-38(48)30-16-13-20-43(6)25-30)33(51-9)24-34(47)46-21-14-18-32(46)37(52-10)28(5)39(49)44(7)22-19-29-15-12-17-31(41)23-29/h12,15,17,23,26-28,30,32-33,35-37H,11,13-14,16,18-22,24-25,41H2,1-10H3,(H,42,48)/t27-,28+,30+,32-,33+,35-,36-,37+/m0/s1. The molecule has 2 fully saturated rings. The summed E-state index contributed by atoms with van der Waals surface area (Å²) in [6.45, 7) is 12.7. The Morgan fingerprint density at radius 1 is 1.00 bits per heavy atom. The molecule has 12 nitrogen and oxygen atoms in total. The molecule has 2 saturated heterocycles. The van der Waals surface area contributed by atoms with Crippen molar-refractivity contribution in [1.82, 2.24) is 24.9 Å². The van der Waals surface area contributed by atoms with E-state index < -0.39 is 30.2 Å². The number of likely N-dealkylation sites (N-methyl/N-ethyl adjacent to an activating group) is 2. The highest BCUT2D eigenvalue weighted by Gasteiger charge is 2.43. The van der Waals surface area contributed by atoms with Gasteiger partial charge in [0.15, 0.2) is 0 Å². The predicted octanol–water partition coefficient (Wildman–Crippen LogP) is 3.67. The molecule has 294 valence electrons. The number of nitrogens with one attached hydrogen (secondary N) is 1. The third-order valence-corrected chi connectivity index (χ3v) is 11.5. The molecule has 0 spiro atoms. The molecular formula is C40H68N6O6.